The van der Waals surface area contributed by atoms with Crippen LogP contribution in [-0.4, -0.2) is 90.5 Å². The molecule has 150 valence electrons. The number of ether oxygens (including phenoxy) is 4. The molecule has 0 atom stereocenters. The highest BCUT2D eigenvalue weighted by Crippen LogP contribution is 2.15. The number of likely N-dealkylation sites (N-methyl/N-ethyl adjacent to an activating group) is 1. The molecule has 0 radical (unpaired) electrons. The maximum absolute atomic E-state index is 9.93. The van der Waals surface area contributed by atoms with Crippen LogP contribution < -0.4 is 5.11 Å². The number of carbonyl (C=O) groups excluding carboxylic acids is 1. The minimum Gasteiger partial charge on any atom is -0.550 e. The molecule has 0 aliphatic carbocycles. The van der Waals surface area contributed by atoms with Crippen LogP contribution in [0.1, 0.15) is 32.6 Å². The number of carbonyl (C=O) groups is 1. The van der Waals surface area contributed by atoms with Crippen LogP contribution in [0.15, 0.2) is 0 Å². The molecule has 1 rings (SSSR count). The summed E-state index contributed by atoms with van der Waals surface area (Å²) in [5, 5.41) is 9.93. The Morgan fingerprint density at radius 1 is 0.920 bits per heavy atom. The molecule has 1 aliphatic heterocycles. The summed E-state index contributed by atoms with van der Waals surface area (Å²) in [4.78, 5) is 9.93. The van der Waals surface area contributed by atoms with Gasteiger partial charge < -0.3 is 33.3 Å². The Balaban J connectivity index is 0.000000462. The van der Waals surface area contributed by atoms with E-state index in [1.807, 2.05) is 0 Å². The molecule has 0 aromatic carbocycles. The molecule has 0 N–H and O–H groups in total. The Hall–Kier alpha value is -0.730. The van der Waals surface area contributed by atoms with Crippen molar-refractivity contribution in [1.82, 2.24) is 0 Å². The summed E-state index contributed by atoms with van der Waals surface area (Å²) in [7, 11) is 3.96. The highest BCUT2D eigenvalue weighted by atomic mass is 16.5. The van der Waals surface area contributed by atoms with E-state index in [2.05, 4.69) is 14.0 Å². The van der Waals surface area contributed by atoms with Crippen LogP contribution in [0.25, 0.3) is 0 Å². The van der Waals surface area contributed by atoms with Gasteiger partial charge in [0.15, 0.2) is 0 Å². The van der Waals surface area contributed by atoms with E-state index in [1.54, 1.807) is 7.11 Å². The molecule has 7 heteroatoms. The van der Waals surface area contributed by atoms with E-state index in [9.17, 15) is 9.90 Å². The maximum Gasteiger partial charge on any atom is 0.102 e. The number of carboxylic acids is 1. The number of likely N-dealkylation sites (tertiary alicyclic amines) is 1. The standard InChI is InChI=1S/C10H22NO.C8H16O5/c1-3-12-10-9-11(2)7-5-4-6-8-11;1-11-4-5-13-7-6-12-3-2-8(9)10/h3-10H2,1-2H3;2-7H2,1H3,(H,9,10)/q+1;/p-1. The second kappa shape index (κ2) is 16.7. The Morgan fingerprint density at radius 2 is 1.52 bits per heavy atom. The Morgan fingerprint density at radius 3 is 2.08 bits per heavy atom. The van der Waals surface area contributed by atoms with Crippen molar-refractivity contribution in [2.24, 2.45) is 0 Å². The Bertz CT molecular complexity index is 308. The predicted octanol–water partition coefficient (Wildman–Crippen LogP) is 0.459. The zero-order valence-corrected chi connectivity index (χ0v) is 16.3. The third-order valence-electron chi connectivity index (χ3n) is 4.13. The van der Waals surface area contributed by atoms with E-state index in [1.165, 1.54) is 43.4 Å². The van der Waals surface area contributed by atoms with Crippen molar-refractivity contribution in [2.75, 3.05) is 80.0 Å². The second-order valence-electron chi connectivity index (χ2n) is 6.39. The van der Waals surface area contributed by atoms with Crippen LogP contribution >= 0.6 is 0 Å². The van der Waals surface area contributed by atoms with Gasteiger partial charge in [0, 0.05) is 26.1 Å². The van der Waals surface area contributed by atoms with Crippen molar-refractivity contribution in [1.29, 1.82) is 0 Å². The van der Waals surface area contributed by atoms with E-state index in [4.69, 9.17) is 18.9 Å². The highest BCUT2D eigenvalue weighted by Gasteiger charge is 2.23. The molecule has 0 amide bonds. The topological polar surface area (TPSA) is 77.0 Å². The Labute approximate surface area is 152 Å². The molecule has 0 unspecified atom stereocenters. The van der Waals surface area contributed by atoms with Gasteiger partial charge in [0.05, 0.1) is 59.8 Å². The largest absolute Gasteiger partial charge is 0.550 e. The molecule has 1 aliphatic rings. The Kier molecular flexibility index (Phi) is 16.2. The molecular formula is C18H37NO6. The van der Waals surface area contributed by atoms with E-state index < -0.39 is 5.97 Å². The number of hydrogen-bond donors (Lipinski definition) is 0. The minimum atomic E-state index is -1.10. The van der Waals surface area contributed by atoms with Gasteiger partial charge in [0.1, 0.15) is 6.54 Å². The van der Waals surface area contributed by atoms with Crippen molar-refractivity contribution in [2.45, 2.75) is 32.6 Å². The van der Waals surface area contributed by atoms with Crippen molar-refractivity contribution in [3.8, 4) is 0 Å². The molecule has 1 saturated heterocycles. The fourth-order valence-electron chi connectivity index (χ4n) is 2.55. The van der Waals surface area contributed by atoms with Gasteiger partial charge in [-0.15, -0.1) is 0 Å². The first-order valence-electron chi connectivity index (χ1n) is 9.29. The maximum atomic E-state index is 9.93. The summed E-state index contributed by atoms with van der Waals surface area (Å²) in [5.41, 5.74) is 0. The van der Waals surface area contributed by atoms with Crippen LogP contribution in [0.4, 0.5) is 0 Å². The lowest BCUT2D eigenvalue weighted by atomic mass is 10.1. The fraction of sp³-hybridized carbons (Fsp3) is 0.944. The number of methoxy groups -OCH3 is 1. The lowest BCUT2D eigenvalue weighted by Crippen LogP contribution is -2.49. The van der Waals surface area contributed by atoms with Crippen molar-refractivity contribution in [3.05, 3.63) is 0 Å². The van der Waals surface area contributed by atoms with Crippen molar-refractivity contribution in [3.63, 3.8) is 0 Å². The fourth-order valence-corrected chi connectivity index (χ4v) is 2.55. The van der Waals surface area contributed by atoms with Crippen molar-refractivity contribution < 1.29 is 33.3 Å². The van der Waals surface area contributed by atoms with Gasteiger partial charge in [-0.1, -0.05) is 0 Å². The summed E-state index contributed by atoms with van der Waals surface area (Å²) in [6.45, 7) is 9.89. The van der Waals surface area contributed by atoms with Crippen molar-refractivity contribution >= 4 is 5.97 Å². The van der Waals surface area contributed by atoms with Crippen LogP contribution in [0.5, 0.6) is 0 Å². The van der Waals surface area contributed by atoms with Crippen LogP contribution in [0, 0.1) is 0 Å². The van der Waals surface area contributed by atoms with E-state index in [-0.39, 0.29) is 13.0 Å². The first-order chi connectivity index (χ1) is 12.0. The number of hydrogen-bond acceptors (Lipinski definition) is 6. The average Bonchev–Trinajstić information content (AvgIpc) is 2.58. The molecule has 0 bridgehead atoms. The molecule has 0 aromatic heterocycles. The molecule has 0 aromatic rings. The molecular weight excluding hydrogens is 326 g/mol. The van der Waals surface area contributed by atoms with E-state index in [0.29, 0.717) is 26.4 Å². The zero-order valence-electron chi connectivity index (χ0n) is 16.3. The highest BCUT2D eigenvalue weighted by molar-refractivity contribution is 5.64. The third-order valence-corrected chi connectivity index (χ3v) is 4.13. The molecule has 25 heavy (non-hydrogen) atoms. The molecule has 7 nitrogen and oxygen atoms in total. The summed E-state index contributed by atoms with van der Waals surface area (Å²) in [6.07, 6.45) is 4.17. The normalized spacial score (nSPS) is 16.1. The lowest BCUT2D eigenvalue weighted by molar-refractivity contribution is -0.914. The van der Waals surface area contributed by atoms with Crippen LogP contribution in [-0.2, 0) is 23.7 Å². The number of aliphatic carboxylic acids is 1. The lowest BCUT2D eigenvalue weighted by Gasteiger charge is -2.37. The average molecular weight is 363 g/mol. The van der Waals surface area contributed by atoms with Gasteiger partial charge in [0.2, 0.25) is 0 Å². The molecule has 0 saturated carbocycles. The van der Waals surface area contributed by atoms with Gasteiger partial charge in [-0.25, -0.2) is 0 Å². The summed E-state index contributed by atoms with van der Waals surface area (Å²) in [6, 6.07) is 0. The SMILES string of the molecule is CCOCC[N+]1(C)CCCCC1.COCCOCCOCCC(=O)[O-]. The van der Waals surface area contributed by atoms with E-state index >= 15 is 0 Å². The van der Waals surface area contributed by atoms with Gasteiger partial charge >= 0.3 is 0 Å². The summed E-state index contributed by atoms with van der Waals surface area (Å²) in [5.74, 6) is -1.10. The molecule has 1 fully saturated rings. The smallest absolute Gasteiger partial charge is 0.102 e. The van der Waals surface area contributed by atoms with Gasteiger partial charge in [-0.3, -0.25) is 0 Å². The molecule has 1 heterocycles. The number of nitrogens with zero attached hydrogens (tertiary/aromatic N) is 1. The van der Waals surface area contributed by atoms with Gasteiger partial charge in [-0.2, -0.15) is 0 Å². The van der Waals surface area contributed by atoms with Crippen LogP contribution in [0.2, 0.25) is 0 Å². The number of rotatable bonds is 13. The number of carboxylic acid groups (broad SMARTS) is 1. The van der Waals surface area contributed by atoms with Crippen LogP contribution in [0.3, 0.4) is 0 Å². The number of quaternary nitrogens is 1. The first kappa shape index (κ1) is 24.3. The summed E-state index contributed by atoms with van der Waals surface area (Å²) >= 11 is 0. The zero-order chi connectivity index (χ0) is 18.8. The number of piperidine rings is 1. The second-order valence-corrected chi connectivity index (χ2v) is 6.39. The van der Waals surface area contributed by atoms with Gasteiger partial charge in [-0.05, 0) is 26.2 Å². The minimum absolute atomic E-state index is 0.0714. The molecule has 0 spiro atoms. The van der Waals surface area contributed by atoms with Gasteiger partial charge in [0.25, 0.3) is 0 Å². The first-order valence-corrected chi connectivity index (χ1v) is 9.29. The van der Waals surface area contributed by atoms with E-state index in [0.717, 1.165) is 13.2 Å². The summed E-state index contributed by atoms with van der Waals surface area (Å²) < 4.78 is 21.4. The third kappa shape index (κ3) is 16.5. The quantitative estimate of drug-likeness (QED) is 0.349. The monoisotopic (exact) mass is 363 g/mol. The predicted molar refractivity (Wildman–Crippen MR) is 94.3 cm³/mol.